The van der Waals surface area contributed by atoms with Gasteiger partial charge in [0.25, 0.3) is 0 Å². The fraction of sp³-hybridized carbons (Fsp3) is 0.164. The first-order valence-corrected chi connectivity index (χ1v) is 50.7. The second-order valence-corrected chi connectivity index (χ2v) is 46.1. The molecular formula is C122H121OS5+5. The van der Waals surface area contributed by atoms with Gasteiger partial charge in [-0.3, -0.25) is 0 Å². The number of ether oxygens (including phenoxy) is 1. The molecule has 0 aliphatic rings. The number of fused-ring (bicyclic) bond motifs is 3. The molecule has 0 saturated carbocycles. The summed E-state index contributed by atoms with van der Waals surface area (Å²) >= 11 is 0. The number of aryl methyl sites for hydroxylation is 2. The lowest BCUT2D eigenvalue weighted by atomic mass is 9.87. The van der Waals surface area contributed by atoms with Gasteiger partial charge in [-0.15, -0.1) is 0 Å². The van der Waals surface area contributed by atoms with Crippen molar-refractivity contribution in [3.05, 3.63) is 482 Å². The zero-order chi connectivity index (χ0) is 89.8. The number of hydrogen-bond donors (Lipinski definition) is 0. The molecule has 0 unspecified atom stereocenters. The standard InChI is InChI=1S/C30H39S.C26H19S.C22H23OS.C22H17S.C22H23S/c1-28(2,3)22-10-16-25(17-11-22)31(26-18-12-23(13-19-26)29(4,5)6)27-20-14-24(15-21-27)30(7,8)9;1-2-14-22(15-3-1)27(25-18-8-12-20-10-4-6-16-23(20)25)26-19-9-13-21-11-5-7-17-24(21)26;1-4-23-22-17(2)15-21(16-18(22)3)24(19-11-7-5-8-12-19)20-13-9-6-10-14-20;1-3-12-19(13-4-1)23(20-14-5-2-6-15-20)22-17-9-11-18-10-7-8-16-21(18)22;1-22(2,3)18-14-16-21(17-15-18)23(19-10-6-4-7-11-19)20-12-8-5-9-13-20/h10-21H,1-9H3;1-19H;5-16H,4H2,1-3H3;1-17H;4-17H,1-3H3/q5*+1. The smallest absolute Gasteiger partial charge is 0.174 e. The lowest BCUT2D eigenvalue weighted by molar-refractivity contribution is 0.335. The molecule has 0 atom stereocenters. The van der Waals surface area contributed by atoms with Crippen molar-refractivity contribution in [3.8, 4) is 5.75 Å². The molecule has 640 valence electrons. The van der Waals surface area contributed by atoms with Crippen molar-refractivity contribution in [2.75, 3.05) is 6.61 Å². The largest absolute Gasteiger partial charge is 0.493 e. The molecule has 128 heavy (non-hydrogen) atoms. The Morgan fingerprint density at radius 1 is 0.188 bits per heavy atom. The maximum Gasteiger partial charge on any atom is 0.174 e. The fourth-order valence-electron chi connectivity index (χ4n) is 15.8. The van der Waals surface area contributed by atoms with E-state index in [1.165, 1.54) is 139 Å². The Kier molecular flexibility index (Phi) is 31.0. The average molecular weight is 1760 g/mol. The van der Waals surface area contributed by atoms with Gasteiger partial charge in [0.15, 0.2) is 73.4 Å². The van der Waals surface area contributed by atoms with Crippen LogP contribution >= 0.6 is 0 Å². The summed E-state index contributed by atoms with van der Waals surface area (Å²) in [6.45, 7) is 34.3. The third-order valence-electron chi connectivity index (χ3n) is 22.5. The van der Waals surface area contributed by atoms with Crippen LogP contribution in [0.15, 0.2) is 522 Å². The van der Waals surface area contributed by atoms with Gasteiger partial charge in [0.05, 0.1) is 50.2 Å². The molecular weight excluding hydrogens is 1640 g/mol. The third-order valence-corrected chi connectivity index (χ3v) is 33.8. The zero-order valence-corrected chi connectivity index (χ0v) is 81.0. The van der Waals surface area contributed by atoms with E-state index in [0.717, 1.165) is 5.75 Å². The summed E-state index contributed by atoms with van der Waals surface area (Å²) < 4.78 is 5.82. The Labute approximate surface area is 778 Å². The molecule has 0 aliphatic carbocycles. The van der Waals surface area contributed by atoms with Gasteiger partial charge >= 0.3 is 0 Å². The lowest BCUT2D eigenvalue weighted by Crippen LogP contribution is -2.13. The molecule has 0 fully saturated rings. The van der Waals surface area contributed by atoms with Gasteiger partial charge in [0.1, 0.15) is 16.6 Å². The molecule has 0 aliphatic heterocycles. The van der Waals surface area contributed by atoms with E-state index in [4.69, 9.17) is 4.74 Å². The van der Waals surface area contributed by atoms with Crippen LogP contribution in [0.4, 0.5) is 0 Å². The van der Waals surface area contributed by atoms with E-state index in [-0.39, 0.29) is 76.1 Å². The molecule has 0 amide bonds. The molecule has 18 aromatic rings. The molecule has 0 spiro atoms. The van der Waals surface area contributed by atoms with E-state index in [9.17, 15) is 0 Å². The Bertz CT molecular complexity index is 6150. The first-order chi connectivity index (χ1) is 61.9. The first-order valence-electron chi connectivity index (χ1n) is 44.5. The Balaban J connectivity index is 0.000000130. The van der Waals surface area contributed by atoms with Crippen LogP contribution in [0.2, 0.25) is 0 Å². The van der Waals surface area contributed by atoms with E-state index in [1.807, 2.05) is 6.92 Å². The first kappa shape index (κ1) is 92.5. The third kappa shape index (κ3) is 23.4. The fourth-order valence-corrected chi connectivity index (χ4v) is 26.8. The van der Waals surface area contributed by atoms with Gasteiger partial charge in [-0.1, -0.05) is 350 Å². The predicted octanol–water partition coefficient (Wildman–Crippen LogP) is 33.6. The molecule has 0 aromatic heterocycles. The van der Waals surface area contributed by atoms with Gasteiger partial charge in [-0.25, -0.2) is 0 Å². The van der Waals surface area contributed by atoms with Crippen LogP contribution in [0.25, 0.3) is 32.3 Å². The monoisotopic (exact) mass is 1760 g/mol. The lowest BCUT2D eigenvalue weighted by Gasteiger charge is -2.21. The Hall–Kier alpha value is -11.7. The van der Waals surface area contributed by atoms with Crippen molar-refractivity contribution in [2.24, 2.45) is 0 Å². The van der Waals surface area contributed by atoms with E-state index in [1.54, 1.807) is 0 Å². The summed E-state index contributed by atoms with van der Waals surface area (Å²) in [5.41, 5.74) is 8.62. The van der Waals surface area contributed by atoms with Gasteiger partial charge in [-0.05, 0) is 262 Å². The van der Waals surface area contributed by atoms with Crippen LogP contribution in [0, 0.1) is 13.8 Å². The number of hydrogen-bond acceptors (Lipinski definition) is 1. The molecule has 0 saturated heterocycles. The van der Waals surface area contributed by atoms with Gasteiger partial charge in [-0.2, -0.15) is 0 Å². The topological polar surface area (TPSA) is 9.23 Å². The van der Waals surface area contributed by atoms with Crippen LogP contribution in [-0.2, 0) is 76.1 Å². The van der Waals surface area contributed by atoms with E-state index < -0.39 is 0 Å². The van der Waals surface area contributed by atoms with E-state index >= 15 is 0 Å². The summed E-state index contributed by atoms with van der Waals surface area (Å²) in [5.74, 6) is 1.02. The van der Waals surface area contributed by atoms with Crippen LogP contribution in [0.5, 0.6) is 5.75 Å². The molecule has 0 radical (unpaired) electrons. The summed E-state index contributed by atoms with van der Waals surface area (Å²) in [5, 5.41) is 7.90. The average Bonchev–Trinajstić information content (AvgIpc) is 0.767. The second kappa shape index (κ2) is 42.9. The van der Waals surface area contributed by atoms with Crippen LogP contribution < -0.4 is 4.74 Å². The molecule has 18 aromatic carbocycles. The van der Waals surface area contributed by atoms with Crippen molar-refractivity contribution >= 4 is 86.8 Å². The number of rotatable bonds is 17. The van der Waals surface area contributed by atoms with Crippen molar-refractivity contribution < 1.29 is 4.74 Å². The summed E-state index contributed by atoms with van der Waals surface area (Å²) in [7, 11) is -0.525. The molecule has 1 nitrogen and oxygen atoms in total. The second-order valence-electron chi connectivity index (χ2n) is 36.1. The summed E-state index contributed by atoms with van der Waals surface area (Å²) in [6.07, 6.45) is 0. The highest BCUT2D eigenvalue weighted by Gasteiger charge is 2.36. The summed E-state index contributed by atoms with van der Waals surface area (Å²) in [4.78, 5) is 20.5. The summed E-state index contributed by atoms with van der Waals surface area (Å²) in [6, 6.07) is 163. The molecule has 6 heteroatoms. The normalized spacial score (nSPS) is 11.6. The van der Waals surface area contributed by atoms with Gasteiger partial charge in [0, 0.05) is 28.3 Å². The maximum atomic E-state index is 5.82. The minimum Gasteiger partial charge on any atom is -0.493 e. The highest BCUT2D eigenvalue weighted by Crippen LogP contribution is 2.43. The quantitative estimate of drug-likeness (QED) is 0.0826. The Morgan fingerprint density at radius 3 is 0.609 bits per heavy atom. The Morgan fingerprint density at radius 2 is 0.375 bits per heavy atom. The molecule has 0 bridgehead atoms. The van der Waals surface area contributed by atoms with Crippen molar-refractivity contribution in [1.29, 1.82) is 0 Å². The van der Waals surface area contributed by atoms with Crippen molar-refractivity contribution in [1.82, 2.24) is 0 Å². The number of benzene rings is 18. The van der Waals surface area contributed by atoms with Crippen LogP contribution in [0.3, 0.4) is 0 Å². The van der Waals surface area contributed by atoms with Crippen molar-refractivity contribution in [3.63, 3.8) is 0 Å². The SMILES string of the molecule is CC(C)(C)c1ccc([S+](c2ccc(C(C)(C)C)cc2)c2ccc(C(C)(C)C)cc2)cc1.CC(C)(C)c1ccc([S+](c2ccccc2)c2ccccc2)cc1.CCOc1c(C)cc([S+](c2ccccc2)c2ccccc2)cc1C.c1ccc([S+](c2cccc3ccccc23)c2cccc3ccccc23)cc1.c1ccc([S+](c2ccccc2)c2cccc3ccccc23)cc1. The molecule has 0 N–H and O–H groups in total. The van der Waals surface area contributed by atoms with Crippen LogP contribution in [0.1, 0.15) is 123 Å². The predicted molar refractivity (Wildman–Crippen MR) is 555 cm³/mol. The minimum atomic E-state index is -0.164. The highest BCUT2D eigenvalue weighted by atomic mass is 32.2. The van der Waals surface area contributed by atoms with E-state index in [0.29, 0.717) is 6.61 Å². The molecule has 18 rings (SSSR count). The minimum absolute atomic E-state index is 0.0497. The van der Waals surface area contributed by atoms with E-state index in [2.05, 4.69) is 546 Å². The molecule has 0 heterocycles. The van der Waals surface area contributed by atoms with Crippen LogP contribution in [-0.4, -0.2) is 6.61 Å². The maximum absolute atomic E-state index is 5.82. The highest BCUT2D eigenvalue weighted by molar-refractivity contribution is 7.98. The van der Waals surface area contributed by atoms with Gasteiger partial charge in [0.2, 0.25) is 0 Å². The zero-order valence-electron chi connectivity index (χ0n) is 76.9. The van der Waals surface area contributed by atoms with Crippen molar-refractivity contribution in [2.45, 2.75) is 199 Å². The van der Waals surface area contributed by atoms with Gasteiger partial charge < -0.3 is 4.74 Å².